The van der Waals surface area contributed by atoms with Crippen LogP contribution in [0.2, 0.25) is 0 Å². The zero-order valence-corrected chi connectivity index (χ0v) is 22.5. The summed E-state index contributed by atoms with van der Waals surface area (Å²) < 4.78 is 0. The zero-order valence-electron chi connectivity index (χ0n) is 22.5. The van der Waals surface area contributed by atoms with Crippen molar-refractivity contribution in [1.82, 2.24) is 9.80 Å². The number of fused-ring (bicyclic) bond motifs is 1. The fraction of sp³-hybridized carbons (Fsp3) is 0.516. The summed E-state index contributed by atoms with van der Waals surface area (Å²) in [5.74, 6) is 0.637. The van der Waals surface area contributed by atoms with Gasteiger partial charge in [0.25, 0.3) is 5.91 Å². The second kappa shape index (κ2) is 12.9. The first-order valence-corrected chi connectivity index (χ1v) is 14.0. The van der Waals surface area contributed by atoms with Crippen LogP contribution < -0.4 is 4.90 Å². The first kappa shape index (κ1) is 26.9. The van der Waals surface area contributed by atoms with Gasteiger partial charge >= 0.3 is 0 Å². The number of anilines is 1. The van der Waals surface area contributed by atoms with Crippen molar-refractivity contribution in [3.63, 3.8) is 0 Å². The molecule has 0 unspecified atom stereocenters. The zero-order chi connectivity index (χ0) is 26.2. The largest absolute Gasteiger partial charge is 0.338 e. The molecule has 2 aliphatic rings. The molecule has 3 amide bonds. The van der Waals surface area contributed by atoms with Gasteiger partial charge in [-0.25, -0.2) is 0 Å². The summed E-state index contributed by atoms with van der Waals surface area (Å²) in [5.41, 5.74) is 3.57. The van der Waals surface area contributed by atoms with Crippen LogP contribution in [0, 0.1) is 5.92 Å². The molecule has 4 rings (SSSR count). The van der Waals surface area contributed by atoms with Crippen molar-refractivity contribution < 1.29 is 14.4 Å². The quantitative estimate of drug-likeness (QED) is 0.519. The van der Waals surface area contributed by atoms with Crippen LogP contribution in [0.4, 0.5) is 5.69 Å². The van der Waals surface area contributed by atoms with E-state index in [0.717, 1.165) is 61.9 Å². The molecule has 2 heterocycles. The maximum atomic E-state index is 13.8. The van der Waals surface area contributed by atoms with Gasteiger partial charge in [0.2, 0.25) is 11.8 Å². The standard InChI is InChI=1S/C31H41N3O3/c1-24(2)20-30(36)34-19-9-5-3-4-8-17-33(23-27-13-6-7-15-28(27)34)31(37)26-14-10-12-25(21-26)22-32-18-11-16-29(32)35/h6-7,10,12-15,21,24H,3-5,8-9,11,16-20,22-23H2,1-2H3. The van der Waals surface area contributed by atoms with Gasteiger partial charge in [-0.1, -0.05) is 63.4 Å². The van der Waals surface area contributed by atoms with Crippen molar-refractivity contribution >= 4 is 23.4 Å². The van der Waals surface area contributed by atoms with Gasteiger partial charge in [0.15, 0.2) is 0 Å². The highest BCUT2D eigenvalue weighted by atomic mass is 16.2. The minimum atomic E-state index is 0.00141. The van der Waals surface area contributed by atoms with Crippen LogP contribution in [-0.2, 0) is 22.7 Å². The van der Waals surface area contributed by atoms with Gasteiger partial charge in [-0.3, -0.25) is 14.4 Å². The van der Waals surface area contributed by atoms with Gasteiger partial charge in [0.05, 0.1) is 0 Å². The van der Waals surface area contributed by atoms with E-state index in [1.807, 2.05) is 63.2 Å². The summed E-state index contributed by atoms with van der Waals surface area (Å²) in [7, 11) is 0. The van der Waals surface area contributed by atoms with E-state index in [9.17, 15) is 14.4 Å². The normalized spacial score (nSPS) is 17.4. The monoisotopic (exact) mass is 503 g/mol. The van der Waals surface area contributed by atoms with Crippen molar-refractivity contribution in [2.45, 2.75) is 78.3 Å². The summed E-state index contributed by atoms with van der Waals surface area (Å²) in [6.45, 7) is 7.36. The van der Waals surface area contributed by atoms with E-state index in [1.54, 1.807) is 0 Å². The molecular formula is C31H41N3O3. The summed E-state index contributed by atoms with van der Waals surface area (Å²) in [6.07, 6.45) is 7.25. The number of hydrogen-bond donors (Lipinski definition) is 0. The predicted molar refractivity (Wildman–Crippen MR) is 147 cm³/mol. The number of amides is 3. The average Bonchev–Trinajstić information content (AvgIpc) is 3.27. The van der Waals surface area contributed by atoms with E-state index in [4.69, 9.17) is 0 Å². The van der Waals surface area contributed by atoms with Crippen LogP contribution in [0.1, 0.15) is 86.7 Å². The Hall–Kier alpha value is -3.15. The molecule has 0 spiro atoms. The Bertz CT molecular complexity index is 1100. The van der Waals surface area contributed by atoms with Crippen LogP contribution in [-0.4, -0.2) is 47.2 Å². The second-order valence-corrected chi connectivity index (χ2v) is 10.9. The lowest BCUT2D eigenvalue weighted by molar-refractivity contribution is -0.128. The van der Waals surface area contributed by atoms with Crippen LogP contribution in [0.5, 0.6) is 0 Å². The fourth-order valence-corrected chi connectivity index (χ4v) is 5.38. The number of rotatable bonds is 5. The Labute approximate surface area is 221 Å². The molecule has 6 heteroatoms. The third kappa shape index (κ3) is 7.21. The third-order valence-corrected chi connectivity index (χ3v) is 7.34. The molecule has 1 fully saturated rings. The summed E-state index contributed by atoms with van der Waals surface area (Å²) in [4.78, 5) is 44.9. The number of carbonyl (C=O) groups is 3. The van der Waals surface area contributed by atoms with Crippen LogP contribution in [0.15, 0.2) is 48.5 Å². The lowest BCUT2D eigenvalue weighted by atomic mass is 10.0. The highest BCUT2D eigenvalue weighted by molar-refractivity contribution is 5.96. The molecule has 1 saturated heterocycles. The molecule has 0 bridgehead atoms. The molecule has 0 aliphatic carbocycles. The molecule has 37 heavy (non-hydrogen) atoms. The molecule has 6 nitrogen and oxygen atoms in total. The smallest absolute Gasteiger partial charge is 0.254 e. The maximum absolute atomic E-state index is 13.8. The van der Waals surface area contributed by atoms with Crippen molar-refractivity contribution in [3.8, 4) is 0 Å². The molecule has 2 aromatic carbocycles. The SMILES string of the molecule is CC(C)CC(=O)N1CCCCCCCN(C(=O)c2cccc(CN3CCCC3=O)c2)Cc2ccccc21. The second-order valence-electron chi connectivity index (χ2n) is 10.9. The highest BCUT2D eigenvalue weighted by Crippen LogP contribution is 2.26. The minimum Gasteiger partial charge on any atom is -0.338 e. The Kier molecular flexibility index (Phi) is 9.37. The van der Waals surface area contributed by atoms with Gasteiger partial charge in [-0.05, 0) is 54.5 Å². The number of nitrogens with zero attached hydrogens (tertiary/aromatic N) is 3. The van der Waals surface area contributed by atoms with E-state index >= 15 is 0 Å². The van der Waals surface area contributed by atoms with Gasteiger partial charge in [0, 0.05) is 56.8 Å². The van der Waals surface area contributed by atoms with E-state index in [0.29, 0.717) is 50.5 Å². The van der Waals surface area contributed by atoms with E-state index in [1.165, 1.54) is 0 Å². The van der Waals surface area contributed by atoms with Crippen molar-refractivity contribution in [1.29, 1.82) is 0 Å². The number of benzene rings is 2. The molecule has 198 valence electrons. The Balaban J connectivity index is 1.59. The lowest BCUT2D eigenvalue weighted by Crippen LogP contribution is -2.36. The summed E-state index contributed by atoms with van der Waals surface area (Å²) in [6, 6.07) is 15.8. The van der Waals surface area contributed by atoms with E-state index in [-0.39, 0.29) is 17.7 Å². The topological polar surface area (TPSA) is 60.9 Å². The molecule has 2 aliphatic heterocycles. The Morgan fingerprint density at radius 2 is 1.62 bits per heavy atom. The first-order chi connectivity index (χ1) is 17.9. The number of likely N-dealkylation sites (tertiary alicyclic amines) is 1. The van der Waals surface area contributed by atoms with Gasteiger partial charge in [0.1, 0.15) is 0 Å². The molecule has 0 N–H and O–H groups in total. The van der Waals surface area contributed by atoms with Crippen molar-refractivity contribution in [3.05, 3.63) is 65.2 Å². The van der Waals surface area contributed by atoms with Crippen LogP contribution in [0.3, 0.4) is 0 Å². The molecule has 0 radical (unpaired) electrons. The Morgan fingerprint density at radius 1 is 0.865 bits per heavy atom. The maximum Gasteiger partial charge on any atom is 0.254 e. The van der Waals surface area contributed by atoms with Gasteiger partial charge in [-0.15, -0.1) is 0 Å². The van der Waals surface area contributed by atoms with Crippen LogP contribution >= 0.6 is 0 Å². The van der Waals surface area contributed by atoms with Crippen molar-refractivity contribution in [2.24, 2.45) is 5.92 Å². The molecule has 2 aromatic rings. The predicted octanol–water partition coefficient (Wildman–Crippen LogP) is 5.79. The van der Waals surface area contributed by atoms with Gasteiger partial charge < -0.3 is 14.7 Å². The van der Waals surface area contributed by atoms with Gasteiger partial charge in [-0.2, -0.15) is 0 Å². The molecule has 0 saturated carbocycles. The molecule has 0 atom stereocenters. The number of hydrogen-bond acceptors (Lipinski definition) is 3. The average molecular weight is 504 g/mol. The third-order valence-electron chi connectivity index (χ3n) is 7.34. The first-order valence-electron chi connectivity index (χ1n) is 14.0. The van der Waals surface area contributed by atoms with E-state index in [2.05, 4.69) is 13.8 Å². The lowest BCUT2D eigenvalue weighted by Gasteiger charge is -2.30. The highest BCUT2D eigenvalue weighted by Gasteiger charge is 2.24. The molecular weight excluding hydrogens is 462 g/mol. The summed E-state index contributed by atoms with van der Waals surface area (Å²) >= 11 is 0. The molecule has 0 aromatic heterocycles. The fourth-order valence-electron chi connectivity index (χ4n) is 5.38. The number of carbonyl (C=O) groups excluding carboxylic acids is 3. The summed E-state index contributed by atoms with van der Waals surface area (Å²) in [5, 5.41) is 0. The van der Waals surface area contributed by atoms with Crippen LogP contribution in [0.25, 0.3) is 0 Å². The van der Waals surface area contributed by atoms with Crippen molar-refractivity contribution in [2.75, 3.05) is 24.5 Å². The van der Waals surface area contributed by atoms with E-state index < -0.39 is 0 Å². The minimum absolute atomic E-state index is 0.00141. The Morgan fingerprint density at radius 3 is 2.38 bits per heavy atom. The number of para-hydroxylation sites is 1.